The van der Waals surface area contributed by atoms with E-state index in [0.717, 1.165) is 22.4 Å². The minimum absolute atomic E-state index is 0.539. The van der Waals surface area contributed by atoms with Crippen molar-refractivity contribution < 1.29 is 0 Å². The molecule has 0 saturated heterocycles. The lowest BCUT2D eigenvalue weighted by atomic mass is 10.0. The maximum Gasteiger partial charge on any atom is 0.147 e. The Morgan fingerprint density at radius 3 is 2.79 bits per heavy atom. The fourth-order valence-corrected chi connectivity index (χ4v) is 4.00. The van der Waals surface area contributed by atoms with Crippen LogP contribution in [0, 0.1) is 0 Å². The average Bonchev–Trinajstić information content (AvgIpc) is 3.06. The lowest BCUT2D eigenvalue weighted by molar-refractivity contribution is 0.681. The topological polar surface area (TPSA) is 25.8 Å². The van der Waals surface area contributed by atoms with Gasteiger partial charge < -0.3 is 0 Å². The molecule has 5 heteroatoms. The summed E-state index contributed by atoms with van der Waals surface area (Å²) in [6.07, 6.45) is 5.77. The van der Waals surface area contributed by atoms with Gasteiger partial charge in [-0.1, -0.05) is 30.5 Å². The molecule has 0 atom stereocenters. The van der Waals surface area contributed by atoms with E-state index in [1.807, 2.05) is 0 Å². The summed E-state index contributed by atoms with van der Waals surface area (Å²) >= 11 is 11.5. The van der Waals surface area contributed by atoms with Crippen LogP contribution in [0.15, 0.2) is 22.0 Å². The second-order valence-corrected chi connectivity index (χ2v) is 7.05. The number of nitrogens with zero attached hydrogens (tertiary/aromatic N) is 2. The van der Waals surface area contributed by atoms with E-state index in [1.165, 1.54) is 30.6 Å². The van der Waals surface area contributed by atoms with Gasteiger partial charge in [0, 0.05) is 17.2 Å². The fraction of sp³-hybridized carbons (Fsp3) is 0.429. The second-order valence-electron chi connectivity index (χ2n) is 4.87. The van der Waals surface area contributed by atoms with Crippen LogP contribution in [-0.2, 0) is 6.42 Å². The Morgan fingerprint density at radius 1 is 1.32 bits per heavy atom. The molecular formula is C14H14BrClN2S. The van der Waals surface area contributed by atoms with Crippen molar-refractivity contribution in [1.82, 2.24) is 9.97 Å². The summed E-state index contributed by atoms with van der Waals surface area (Å²) in [6, 6.07) is 4.16. The van der Waals surface area contributed by atoms with E-state index in [4.69, 9.17) is 16.6 Å². The minimum atomic E-state index is 0.539. The highest BCUT2D eigenvalue weighted by Gasteiger charge is 2.23. The minimum Gasteiger partial charge on any atom is -0.236 e. The number of rotatable bonds is 3. The molecule has 3 rings (SSSR count). The summed E-state index contributed by atoms with van der Waals surface area (Å²) in [5.41, 5.74) is 1.10. The van der Waals surface area contributed by atoms with Crippen molar-refractivity contribution in [2.75, 3.05) is 0 Å². The molecule has 0 unspecified atom stereocenters. The van der Waals surface area contributed by atoms with Crippen molar-refractivity contribution >= 4 is 38.9 Å². The van der Waals surface area contributed by atoms with Crippen LogP contribution < -0.4 is 0 Å². The van der Waals surface area contributed by atoms with Crippen LogP contribution in [0.3, 0.4) is 0 Å². The smallest absolute Gasteiger partial charge is 0.147 e. The Kier molecular flexibility index (Phi) is 4.20. The number of hydrogen-bond donors (Lipinski definition) is 0. The molecule has 0 N–H and O–H groups in total. The molecule has 19 heavy (non-hydrogen) atoms. The van der Waals surface area contributed by atoms with E-state index in [2.05, 4.69) is 38.4 Å². The molecular weight excluding hydrogens is 344 g/mol. The van der Waals surface area contributed by atoms with E-state index >= 15 is 0 Å². The van der Waals surface area contributed by atoms with E-state index < -0.39 is 0 Å². The maximum atomic E-state index is 6.24. The molecule has 0 aromatic carbocycles. The van der Waals surface area contributed by atoms with Gasteiger partial charge in [0.2, 0.25) is 0 Å². The van der Waals surface area contributed by atoms with Crippen LogP contribution in [-0.4, -0.2) is 9.97 Å². The zero-order chi connectivity index (χ0) is 13.2. The van der Waals surface area contributed by atoms with E-state index in [0.29, 0.717) is 11.1 Å². The standard InChI is InChI=1S/C14H14BrClN2S/c15-12-13(9-4-1-2-5-9)17-11(18-14(12)16)8-10-6-3-7-19-10/h3,6-7,9H,1-2,4-5,8H2. The van der Waals surface area contributed by atoms with Crippen LogP contribution in [0.1, 0.15) is 48.0 Å². The number of halogens is 2. The van der Waals surface area contributed by atoms with Crippen molar-refractivity contribution in [1.29, 1.82) is 0 Å². The average molecular weight is 358 g/mol. The van der Waals surface area contributed by atoms with Gasteiger partial charge in [0.25, 0.3) is 0 Å². The van der Waals surface area contributed by atoms with E-state index in [1.54, 1.807) is 11.3 Å². The van der Waals surface area contributed by atoms with Crippen LogP contribution >= 0.6 is 38.9 Å². The lowest BCUT2D eigenvalue weighted by Gasteiger charge is -2.13. The Balaban J connectivity index is 1.92. The first kappa shape index (κ1) is 13.5. The molecule has 1 aliphatic rings. The molecule has 0 amide bonds. The van der Waals surface area contributed by atoms with Crippen LogP contribution in [0.5, 0.6) is 0 Å². The molecule has 2 aromatic rings. The Bertz CT molecular complexity index is 565. The van der Waals surface area contributed by atoms with Crippen LogP contribution in [0.4, 0.5) is 0 Å². The quantitative estimate of drug-likeness (QED) is 0.705. The normalized spacial score (nSPS) is 16.1. The van der Waals surface area contributed by atoms with Gasteiger partial charge >= 0.3 is 0 Å². The monoisotopic (exact) mass is 356 g/mol. The third-order valence-electron chi connectivity index (χ3n) is 3.54. The van der Waals surface area contributed by atoms with Crippen molar-refractivity contribution in [2.45, 2.75) is 38.0 Å². The Labute approximate surface area is 130 Å². The predicted octanol–water partition coefficient (Wildman–Crippen LogP) is 5.20. The molecule has 0 radical (unpaired) electrons. The van der Waals surface area contributed by atoms with Crippen LogP contribution in [0.25, 0.3) is 0 Å². The van der Waals surface area contributed by atoms with E-state index in [9.17, 15) is 0 Å². The SMILES string of the molecule is Clc1nc(Cc2cccs2)nc(C2CCCC2)c1Br. The summed E-state index contributed by atoms with van der Waals surface area (Å²) in [5.74, 6) is 1.37. The maximum absolute atomic E-state index is 6.24. The number of aromatic nitrogens is 2. The summed E-state index contributed by atoms with van der Waals surface area (Å²) in [4.78, 5) is 10.4. The molecule has 0 bridgehead atoms. The fourth-order valence-electron chi connectivity index (χ4n) is 2.60. The van der Waals surface area contributed by atoms with Gasteiger partial charge in [-0.3, -0.25) is 0 Å². The van der Waals surface area contributed by atoms with Gasteiger partial charge in [0.15, 0.2) is 0 Å². The number of thiophene rings is 1. The highest BCUT2D eigenvalue weighted by Crippen LogP contribution is 2.38. The van der Waals surface area contributed by atoms with Crippen molar-refractivity contribution in [2.24, 2.45) is 0 Å². The summed E-state index contributed by atoms with van der Waals surface area (Å²) in [6.45, 7) is 0. The number of hydrogen-bond acceptors (Lipinski definition) is 3. The Hall–Kier alpha value is -0.450. The predicted molar refractivity (Wildman–Crippen MR) is 83.1 cm³/mol. The molecule has 2 heterocycles. The summed E-state index contributed by atoms with van der Waals surface area (Å²) < 4.78 is 0.885. The van der Waals surface area contributed by atoms with Crippen molar-refractivity contribution in [3.63, 3.8) is 0 Å². The molecule has 2 nitrogen and oxygen atoms in total. The van der Waals surface area contributed by atoms with Crippen molar-refractivity contribution in [3.8, 4) is 0 Å². The van der Waals surface area contributed by atoms with Gasteiger partial charge in [-0.05, 0) is 40.2 Å². The molecule has 2 aromatic heterocycles. The van der Waals surface area contributed by atoms with Gasteiger partial charge in [-0.2, -0.15) is 0 Å². The van der Waals surface area contributed by atoms with Gasteiger partial charge in [-0.25, -0.2) is 9.97 Å². The molecule has 0 aliphatic heterocycles. The zero-order valence-electron chi connectivity index (χ0n) is 10.4. The first-order chi connectivity index (χ1) is 9.24. The van der Waals surface area contributed by atoms with Gasteiger partial charge in [0.05, 0.1) is 10.2 Å². The molecule has 100 valence electrons. The highest BCUT2D eigenvalue weighted by molar-refractivity contribution is 9.10. The largest absolute Gasteiger partial charge is 0.236 e. The zero-order valence-corrected chi connectivity index (χ0v) is 13.6. The third-order valence-corrected chi connectivity index (χ3v) is 5.70. The summed E-state index contributed by atoms with van der Waals surface area (Å²) in [7, 11) is 0. The first-order valence-corrected chi connectivity index (χ1v) is 8.53. The molecule has 1 fully saturated rings. The van der Waals surface area contributed by atoms with E-state index in [-0.39, 0.29) is 0 Å². The second kappa shape index (κ2) is 5.90. The van der Waals surface area contributed by atoms with Crippen molar-refractivity contribution in [3.05, 3.63) is 43.5 Å². The van der Waals surface area contributed by atoms with Crippen LogP contribution in [0.2, 0.25) is 5.15 Å². The van der Waals surface area contributed by atoms with Gasteiger partial charge in [-0.15, -0.1) is 11.3 Å². The highest BCUT2D eigenvalue weighted by atomic mass is 79.9. The summed E-state index contributed by atoms with van der Waals surface area (Å²) in [5, 5.41) is 2.62. The third kappa shape index (κ3) is 3.01. The Morgan fingerprint density at radius 2 is 2.11 bits per heavy atom. The first-order valence-electron chi connectivity index (χ1n) is 6.48. The molecule has 1 saturated carbocycles. The molecule has 1 aliphatic carbocycles. The molecule has 0 spiro atoms. The lowest BCUT2D eigenvalue weighted by Crippen LogP contribution is -2.05. The van der Waals surface area contributed by atoms with Gasteiger partial charge in [0.1, 0.15) is 11.0 Å².